The van der Waals surface area contributed by atoms with E-state index in [1.54, 1.807) is 0 Å². The van der Waals surface area contributed by atoms with Gasteiger partial charge < -0.3 is 15.4 Å². The molecular formula is C16H21N3O3. The highest BCUT2D eigenvalue weighted by Gasteiger charge is 2.20. The average Bonchev–Trinajstić information content (AvgIpc) is 2.86. The number of aryl methyl sites for hydroxylation is 1. The molecule has 1 aromatic heterocycles. The van der Waals surface area contributed by atoms with Gasteiger partial charge in [-0.05, 0) is 24.5 Å². The molecule has 0 saturated carbocycles. The van der Waals surface area contributed by atoms with Gasteiger partial charge in [0.2, 0.25) is 5.91 Å². The molecule has 3 N–H and O–H groups in total. The summed E-state index contributed by atoms with van der Waals surface area (Å²) in [4.78, 5) is 30.6. The van der Waals surface area contributed by atoms with Crippen molar-refractivity contribution in [3.05, 3.63) is 30.1 Å². The number of aromatic nitrogens is 2. The molecule has 2 rings (SSSR count). The highest BCUT2D eigenvalue weighted by Crippen LogP contribution is 2.11. The van der Waals surface area contributed by atoms with E-state index in [2.05, 4.69) is 15.3 Å². The maximum absolute atomic E-state index is 11.9. The van der Waals surface area contributed by atoms with E-state index in [0.29, 0.717) is 12.8 Å². The fraction of sp³-hybridized carbons (Fsp3) is 0.438. The lowest BCUT2D eigenvalue weighted by molar-refractivity contribution is -0.142. The largest absolute Gasteiger partial charge is 0.480 e. The van der Waals surface area contributed by atoms with Crippen molar-refractivity contribution in [2.45, 2.75) is 39.2 Å². The van der Waals surface area contributed by atoms with Crippen molar-refractivity contribution in [1.29, 1.82) is 0 Å². The lowest BCUT2D eigenvalue weighted by Crippen LogP contribution is -2.41. The first kappa shape index (κ1) is 16.0. The SMILES string of the molecule is CC(C)C[C@H](NC(=O)CCc1nc2ccccc2[nH]1)C(=O)O. The van der Waals surface area contributed by atoms with Crippen LogP contribution in [-0.2, 0) is 16.0 Å². The Morgan fingerprint density at radius 3 is 2.68 bits per heavy atom. The summed E-state index contributed by atoms with van der Waals surface area (Å²) in [5, 5.41) is 11.7. The molecule has 0 bridgehead atoms. The minimum absolute atomic E-state index is 0.205. The molecule has 6 nitrogen and oxygen atoms in total. The standard InChI is InChI=1S/C16H21N3O3/c1-10(2)9-13(16(21)22)19-15(20)8-7-14-17-11-5-3-4-6-12(11)18-14/h3-6,10,13H,7-9H2,1-2H3,(H,17,18)(H,19,20)(H,21,22)/t13-/m0/s1. The molecule has 6 heteroatoms. The van der Waals surface area contributed by atoms with Gasteiger partial charge in [-0.25, -0.2) is 9.78 Å². The third kappa shape index (κ3) is 4.31. The van der Waals surface area contributed by atoms with E-state index in [4.69, 9.17) is 5.11 Å². The van der Waals surface area contributed by atoms with E-state index < -0.39 is 12.0 Å². The van der Waals surface area contributed by atoms with Crippen LogP contribution in [-0.4, -0.2) is 33.0 Å². The van der Waals surface area contributed by atoms with Crippen LogP contribution in [0.3, 0.4) is 0 Å². The molecule has 0 radical (unpaired) electrons. The van der Waals surface area contributed by atoms with Crippen molar-refractivity contribution < 1.29 is 14.7 Å². The molecule has 0 fully saturated rings. The number of benzene rings is 1. The predicted molar refractivity (Wildman–Crippen MR) is 83.4 cm³/mol. The van der Waals surface area contributed by atoms with E-state index in [1.807, 2.05) is 38.1 Å². The van der Waals surface area contributed by atoms with Crippen molar-refractivity contribution >= 4 is 22.9 Å². The average molecular weight is 303 g/mol. The topological polar surface area (TPSA) is 95.1 Å². The van der Waals surface area contributed by atoms with Gasteiger partial charge in [-0.1, -0.05) is 26.0 Å². The molecule has 0 saturated heterocycles. The highest BCUT2D eigenvalue weighted by atomic mass is 16.4. The van der Waals surface area contributed by atoms with Crippen molar-refractivity contribution in [3.8, 4) is 0 Å². The second kappa shape index (κ2) is 7.06. The Kier molecular flexibility index (Phi) is 5.14. The zero-order valence-electron chi connectivity index (χ0n) is 12.8. The minimum atomic E-state index is -0.995. The second-order valence-corrected chi connectivity index (χ2v) is 5.79. The molecule has 0 spiro atoms. The Balaban J connectivity index is 1.90. The van der Waals surface area contributed by atoms with Crippen molar-refractivity contribution in [3.63, 3.8) is 0 Å². The normalized spacial score (nSPS) is 12.5. The van der Waals surface area contributed by atoms with Crippen LogP contribution in [0.2, 0.25) is 0 Å². The van der Waals surface area contributed by atoms with E-state index in [1.165, 1.54) is 0 Å². The lowest BCUT2D eigenvalue weighted by atomic mass is 10.0. The number of H-pyrrole nitrogens is 1. The lowest BCUT2D eigenvalue weighted by Gasteiger charge is -2.16. The number of rotatable bonds is 7. The molecule has 22 heavy (non-hydrogen) atoms. The fourth-order valence-electron chi connectivity index (χ4n) is 2.32. The third-order valence-electron chi connectivity index (χ3n) is 3.37. The summed E-state index contributed by atoms with van der Waals surface area (Å²) < 4.78 is 0. The quantitative estimate of drug-likeness (QED) is 0.730. The van der Waals surface area contributed by atoms with Gasteiger partial charge in [-0.2, -0.15) is 0 Å². The number of nitrogens with zero attached hydrogens (tertiary/aromatic N) is 1. The first-order valence-electron chi connectivity index (χ1n) is 7.41. The van der Waals surface area contributed by atoms with Crippen LogP contribution < -0.4 is 5.32 Å². The number of hydrogen-bond acceptors (Lipinski definition) is 3. The maximum Gasteiger partial charge on any atom is 0.326 e. The number of nitrogens with one attached hydrogen (secondary N) is 2. The third-order valence-corrected chi connectivity index (χ3v) is 3.37. The number of fused-ring (bicyclic) bond motifs is 1. The number of carbonyl (C=O) groups is 2. The van der Waals surface area contributed by atoms with Crippen LogP contribution >= 0.6 is 0 Å². The Bertz CT molecular complexity index is 630. The number of carbonyl (C=O) groups excluding carboxylic acids is 1. The summed E-state index contributed by atoms with van der Waals surface area (Å²) in [5.74, 6) is -0.330. The molecule has 0 unspecified atom stereocenters. The number of imidazole rings is 1. The smallest absolute Gasteiger partial charge is 0.326 e. The van der Waals surface area contributed by atoms with Gasteiger partial charge in [0.15, 0.2) is 0 Å². The Morgan fingerprint density at radius 1 is 1.32 bits per heavy atom. The van der Waals surface area contributed by atoms with Crippen LogP contribution in [0.4, 0.5) is 0 Å². The minimum Gasteiger partial charge on any atom is -0.480 e. The number of para-hydroxylation sites is 2. The molecule has 1 aromatic carbocycles. The predicted octanol–water partition coefficient (Wildman–Crippen LogP) is 2.11. The molecule has 1 heterocycles. The summed E-state index contributed by atoms with van der Waals surface area (Å²) in [6, 6.07) is 6.82. The van der Waals surface area contributed by atoms with E-state index in [9.17, 15) is 9.59 Å². The van der Waals surface area contributed by atoms with Gasteiger partial charge in [0, 0.05) is 12.8 Å². The van der Waals surface area contributed by atoms with Crippen LogP contribution in [0.25, 0.3) is 11.0 Å². The summed E-state index contributed by atoms with van der Waals surface area (Å²) >= 11 is 0. The van der Waals surface area contributed by atoms with Crippen molar-refractivity contribution in [2.24, 2.45) is 5.92 Å². The molecular weight excluding hydrogens is 282 g/mol. The summed E-state index contributed by atoms with van der Waals surface area (Å²) in [6.07, 6.45) is 1.09. The van der Waals surface area contributed by atoms with Gasteiger partial charge >= 0.3 is 5.97 Å². The number of aromatic amines is 1. The Hall–Kier alpha value is -2.37. The zero-order chi connectivity index (χ0) is 16.1. The van der Waals surface area contributed by atoms with E-state index in [-0.39, 0.29) is 18.2 Å². The molecule has 1 atom stereocenters. The number of hydrogen-bond donors (Lipinski definition) is 3. The van der Waals surface area contributed by atoms with Gasteiger partial charge in [0.1, 0.15) is 11.9 Å². The summed E-state index contributed by atoms with van der Waals surface area (Å²) in [7, 11) is 0. The first-order chi connectivity index (χ1) is 10.5. The van der Waals surface area contributed by atoms with Crippen molar-refractivity contribution in [2.75, 3.05) is 0 Å². The number of carboxylic acid groups (broad SMARTS) is 1. The Labute approximate surface area is 128 Å². The molecule has 118 valence electrons. The fourth-order valence-corrected chi connectivity index (χ4v) is 2.32. The van der Waals surface area contributed by atoms with Gasteiger partial charge in [0.25, 0.3) is 0 Å². The van der Waals surface area contributed by atoms with Crippen LogP contribution in [0.15, 0.2) is 24.3 Å². The summed E-state index contributed by atoms with van der Waals surface area (Å²) in [6.45, 7) is 3.85. The summed E-state index contributed by atoms with van der Waals surface area (Å²) in [5.41, 5.74) is 1.79. The van der Waals surface area contributed by atoms with Crippen molar-refractivity contribution in [1.82, 2.24) is 15.3 Å². The number of aliphatic carboxylic acids is 1. The number of amides is 1. The molecule has 0 aliphatic carbocycles. The molecule has 0 aliphatic rings. The molecule has 2 aromatic rings. The van der Waals surface area contributed by atoms with Crippen LogP contribution in [0.5, 0.6) is 0 Å². The van der Waals surface area contributed by atoms with E-state index in [0.717, 1.165) is 16.9 Å². The second-order valence-electron chi connectivity index (χ2n) is 5.79. The Morgan fingerprint density at radius 2 is 2.05 bits per heavy atom. The monoisotopic (exact) mass is 303 g/mol. The van der Waals surface area contributed by atoms with E-state index >= 15 is 0 Å². The van der Waals surface area contributed by atoms with Crippen LogP contribution in [0.1, 0.15) is 32.5 Å². The molecule has 0 aliphatic heterocycles. The van der Waals surface area contributed by atoms with Crippen LogP contribution in [0, 0.1) is 5.92 Å². The highest BCUT2D eigenvalue weighted by molar-refractivity contribution is 5.83. The van der Waals surface area contributed by atoms with Gasteiger partial charge in [-0.15, -0.1) is 0 Å². The number of carboxylic acids is 1. The first-order valence-corrected chi connectivity index (χ1v) is 7.41. The molecule has 1 amide bonds. The van der Waals surface area contributed by atoms with Gasteiger partial charge in [-0.3, -0.25) is 4.79 Å². The van der Waals surface area contributed by atoms with Gasteiger partial charge in [0.05, 0.1) is 11.0 Å². The maximum atomic E-state index is 11.9. The zero-order valence-corrected chi connectivity index (χ0v) is 12.8.